The molecule has 4 rings (SSSR count). The number of aromatic nitrogens is 1. The van der Waals surface area contributed by atoms with Crippen molar-refractivity contribution in [2.24, 2.45) is 0 Å². The molecule has 0 unspecified atom stereocenters. The van der Waals surface area contributed by atoms with Gasteiger partial charge in [-0.2, -0.15) is 26.3 Å². The molecule has 1 fully saturated rings. The van der Waals surface area contributed by atoms with Crippen molar-refractivity contribution in [2.75, 3.05) is 33.5 Å². The van der Waals surface area contributed by atoms with E-state index in [2.05, 4.69) is 15.0 Å². The Morgan fingerprint density at radius 2 is 1.70 bits per heavy atom. The molecule has 2 aliphatic rings. The van der Waals surface area contributed by atoms with Crippen LogP contribution < -0.4 is 19.5 Å². The fraction of sp³-hybridized carbons (Fsp3) is 0.500. The van der Waals surface area contributed by atoms with Gasteiger partial charge in [-0.3, -0.25) is 9.78 Å². The van der Waals surface area contributed by atoms with Crippen molar-refractivity contribution < 1.29 is 53.8 Å². The number of amides is 1. The number of methoxy groups -OCH3 is 1. The zero-order chi connectivity index (χ0) is 32.2. The number of nitrogens with zero attached hydrogens (tertiary/aromatic N) is 1. The average Bonchev–Trinajstić information content (AvgIpc) is 2.98. The predicted molar refractivity (Wildman–Crippen MR) is 146 cm³/mol. The van der Waals surface area contributed by atoms with Crippen LogP contribution in [0.15, 0.2) is 48.2 Å². The SMILES string of the molecule is COc1ccc(C2=C(CNS(=O)(=O)C3CCOCC3)C(=O)N[C@@](c3ccc(OCCCC(F)(F)F)cc3)(C(F)(F)F)C2)nc1. The van der Waals surface area contributed by atoms with E-state index < -0.39 is 58.5 Å². The van der Waals surface area contributed by atoms with Crippen LogP contribution >= 0.6 is 0 Å². The maximum absolute atomic E-state index is 14.9. The summed E-state index contributed by atoms with van der Waals surface area (Å²) >= 11 is 0. The highest BCUT2D eigenvalue weighted by atomic mass is 32.2. The van der Waals surface area contributed by atoms with Gasteiger partial charge in [0.15, 0.2) is 5.54 Å². The van der Waals surface area contributed by atoms with Crippen molar-refractivity contribution in [3.8, 4) is 11.5 Å². The third kappa shape index (κ3) is 7.82. The number of halogens is 6. The van der Waals surface area contributed by atoms with Crippen LogP contribution in [0.2, 0.25) is 0 Å². The van der Waals surface area contributed by atoms with E-state index in [0.29, 0.717) is 5.75 Å². The molecule has 9 nitrogen and oxygen atoms in total. The monoisotopic (exact) mass is 651 g/mol. The van der Waals surface area contributed by atoms with E-state index in [1.807, 2.05) is 0 Å². The second-order valence-corrected chi connectivity index (χ2v) is 12.4. The maximum atomic E-state index is 14.9. The summed E-state index contributed by atoms with van der Waals surface area (Å²) in [4.78, 5) is 17.6. The minimum Gasteiger partial charge on any atom is -0.495 e. The van der Waals surface area contributed by atoms with Crippen LogP contribution in [-0.4, -0.2) is 70.4 Å². The molecular formula is C28H31F6N3O6S. The summed E-state index contributed by atoms with van der Waals surface area (Å²) in [5.74, 6) is -0.793. The van der Waals surface area contributed by atoms with E-state index >= 15 is 0 Å². The topological polar surface area (TPSA) is 116 Å². The highest BCUT2D eigenvalue weighted by Gasteiger charge is 2.59. The van der Waals surface area contributed by atoms with Gasteiger partial charge >= 0.3 is 12.4 Å². The first-order valence-corrected chi connectivity index (χ1v) is 15.2. The molecule has 0 bridgehead atoms. The summed E-state index contributed by atoms with van der Waals surface area (Å²) in [6.07, 6.45) is -9.92. The summed E-state index contributed by atoms with van der Waals surface area (Å²) in [5, 5.41) is 1.28. The number of hydrogen-bond acceptors (Lipinski definition) is 7. The molecule has 0 radical (unpaired) electrons. The Morgan fingerprint density at radius 3 is 2.27 bits per heavy atom. The van der Waals surface area contributed by atoms with Crippen LogP contribution in [0.25, 0.3) is 5.57 Å². The Balaban J connectivity index is 1.67. The van der Waals surface area contributed by atoms with Gasteiger partial charge in [-0.05, 0) is 54.7 Å². The molecule has 2 aliphatic heterocycles. The molecule has 1 saturated heterocycles. The van der Waals surface area contributed by atoms with Crippen molar-refractivity contribution in [2.45, 2.75) is 55.2 Å². The largest absolute Gasteiger partial charge is 0.495 e. The van der Waals surface area contributed by atoms with Gasteiger partial charge in [-0.15, -0.1) is 0 Å². The molecule has 2 N–H and O–H groups in total. The fourth-order valence-electron chi connectivity index (χ4n) is 5.02. The Labute approximate surface area is 250 Å². The minimum atomic E-state index is -5.04. The predicted octanol–water partition coefficient (Wildman–Crippen LogP) is 4.64. The van der Waals surface area contributed by atoms with E-state index in [1.165, 1.54) is 37.6 Å². The number of carbonyl (C=O) groups is 1. The molecule has 0 spiro atoms. The van der Waals surface area contributed by atoms with Gasteiger partial charge in [-0.25, -0.2) is 13.1 Å². The molecular weight excluding hydrogens is 620 g/mol. The first kappa shape index (κ1) is 33.5. The van der Waals surface area contributed by atoms with Gasteiger partial charge in [0.25, 0.3) is 0 Å². The van der Waals surface area contributed by atoms with Crippen molar-refractivity contribution in [1.29, 1.82) is 0 Å². The molecule has 2 aromatic rings. The lowest BCUT2D eigenvalue weighted by Gasteiger charge is -2.41. The first-order valence-electron chi connectivity index (χ1n) is 13.6. The number of hydrogen-bond donors (Lipinski definition) is 2. The number of carbonyl (C=O) groups excluding carboxylic acids is 1. The van der Waals surface area contributed by atoms with Gasteiger partial charge in [0.2, 0.25) is 15.9 Å². The Hall–Kier alpha value is -3.37. The van der Waals surface area contributed by atoms with Gasteiger partial charge in [-0.1, -0.05) is 12.1 Å². The number of ether oxygens (including phenoxy) is 3. The molecule has 1 amide bonds. The zero-order valence-corrected chi connectivity index (χ0v) is 24.4. The van der Waals surface area contributed by atoms with Crippen molar-refractivity contribution in [1.82, 2.24) is 15.0 Å². The van der Waals surface area contributed by atoms with Crippen LogP contribution in [-0.2, 0) is 25.1 Å². The summed E-state index contributed by atoms with van der Waals surface area (Å²) in [6, 6.07) is 7.32. The van der Waals surface area contributed by atoms with Crippen LogP contribution in [0.1, 0.15) is 43.4 Å². The highest BCUT2D eigenvalue weighted by Crippen LogP contribution is 2.48. The number of pyridine rings is 1. The Morgan fingerprint density at radius 1 is 1.05 bits per heavy atom. The second kappa shape index (κ2) is 13.3. The Bertz CT molecular complexity index is 1440. The molecule has 3 heterocycles. The Kier molecular flexibility index (Phi) is 10.1. The maximum Gasteiger partial charge on any atom is 0.416 e. The first-order chi connectivity index (χ1) is 20.6. The molecule has 0 saturated carbocycles. The summed E-state index contributed by atoms with van der Waals surface area (Å²) in [5.41, 5.74) is -3.66. The van der Waals surface area contributed by atoms with Gasteiger partial charge in [0, 0.05) is 38.2 Å². The van der Waals surface area contributed by atoms with Gasteiger partial charge in [0.05, 0.1) is 30.9 Å². The number of rotatable bonds is 11. The summed E-state index contributed by atoms with van der Waals surface area (Å²) in [6.45, 7) is -0.404. The second-order valence-electron chi connectivity index (χ2n) is 10.3. The molecule has 1 aromatic carbocycles. The standard InChI is InChI=1S/C28H31F6N3O6S/c1-41-20-7-8-24(35-16-20)22-15-26(28(32,33)34,18-3-5-19(6-4-18)43-12-2-11-27(29,30)31)37-25(38)23(22)17-36-44(39,40)21-9-13-42-14-10-21/h3-8,16,21,36H,2,9-15,17H2,1H3,(H,37,38)/t26-/m0/s1. The quantitative estimate of drug-likeness (QED) is 0.269. The van der Waals surface area contributed by atoms with E-state index in [0.717, 1.165) is 12.1 Å². The molecule has 1 aromatic heterocycles. The van der Waals surface area contributed by atoms with E-state index in [4.69, 9.17) is 14.2 Å². The number of benzene rings is 1. The van der Waals surface area contributed by atoms with E-state index in [9.17, 15) is 39.6 Å². The van der Waals surface area contributed by atoms with Crippen molar-refractivity contribution in [3.05, 3.63) is 59.4 Å². The summed E-state index contributed by atoms with van der Waals surface area (Å²) in [7, 11) is -2.56. The average molecular weight is 652 g/mol. The molecule has 1 atom stereocenters. The lowest BCUT2D eigenvalue weighted by Crippen LogP contribution is -2.59. The van der Waals surface area contributed by atoms with E-state index in [1.54, 1.807) is 0 Å². The van der Waals surface area contributed by atoms with Crippen LogP contribution in [0.5, 0.6) is 11.5 Å². The molecule has 242 valence electrons. The summed E-state index contributed by atoms with van der Waals surface area (Å²) < 4.78 is 126. The molecule has 0 aliphatic carbocycles. The van der Waals surface area contributed by atoms with Gasteiger partial charge in [0.1, 0.15) is 11.5 Å². The zero-order valence-electron chi connectivity index (χ0n) is 23.6. The highest BCUT2D eigenvalue weighted by molar-refractivity contribution is 7.90. The number of alkyl halides is 6. The van der Waals surface area contributed by atoms with Crippen molar-refractivity contribution in [3.63, 3.8) is 0 Å². The fourth-order valence-corrected chi connectivity index (χ4v) is 6.41. The lowest BCUT2D eigenvalue weighted by atomic mass is 9.77. The van der Waals surface area contributed by atoms with Crippen LogP contribution in [0.4, 0.5) is 26.3 Å². The minimum absolute atomic E-state index is 0.0131. The molecule has 16 heteroatoms. The third-order valence-electron chi connectivity index (χ3n) is 7.45. The van der Waals surface area contributed by atoms with Crippen LogP contribution in [0, 0.1) is 0 Å². The van der Waals surface area contributed by atoms with Crippen molar-refractivity contribution >= 4 is 21.5 Å². The normalized spacial score (nSPS) is 20.4. The number of nitrogens with one attached hydrogen (secondary N) is 2. The third-order valence-corrected chi connectivity index (χ3v) is 9.35. The number of sulfonamides is 1. The van der Waals surface area contributed by atoms with Crippen LogP contribution in [0.3, 0.4) is 0 Å². The van der Waals surface area contributed by atoms with Gasteiger partial charge < -0.3 is 19.5 Å². The smallest absolute Gasteiger partial charge is 0.416 e. The lowest BCUT2D eigenvalue weighted by molar-refractivity contribution is -0.201. The van der Waals surface area contributed by atoms with E-state index in [-0.39, 0.29) is 67.2 Å². The molecule has 44 heavy (non-hydrogen) atoms.